The number of thioether (sulfide) groups is 1. The molecular weight excluding hydrogens is 396 g/mol. The number of carbonyl (C=O) groups is 3. The van der Waals surface area contributed by atoms with E-state index in [2.05, 4.69) is 5.32 Å². The van der Waals surface area contributed by atoms with Crippen molar-refractivity contribution in [1.82, 2.24) is 10.2 Å². The molecule has 0 radical (unpaired) electrons. The molecule has 0 unspecified atom stereocenters. The molecule has 1 aromatic carbocycles. The summed E-state index contributed by atoms with van der Waals surface area (Å²) in [5.74, 6) is 0.297. The minimum Gasteiger partial charge on any atom is -0.497 e. The molecule has 3 rings (SSSR count). The van der Waals surface area contributed by atoms with Crippen LogP contribution in [0.15, 0.2) is 46.0 Å². The zero-order valence-electron chi connectivity index (χ0n) is 15.3. The van der Waals surface area contributed by atoms with Gasteiger partial charge in [-0.05, 0) is 64.3 Å². The second-order valence-corrected chi connectivity index (χ2v) is 7.86. The largest absolute Gasteiger partial charge is 0.497 e. The van der Waals surface area contributed by atoms with Crippen LogP contribution in [0.4, 0.5) is 4.79 Å². The van der Waals surface area contributed by atoms with Crippen molar-refractivity contribution in [3.05, 3.63) is 57.1 Å². The zero-order chi connectivity index (χ0) is 19.9. The number of imide groups is 1. The maximum atomic E-state index is 12.5. The smallest absolute Gasteiger partial charge is 0.293 e. The van der Waals surface area contributed by atoms with Crippen LogP contribution < -0.4 is 10.1 Å². The molecular formula is C20H20N2O4S2. The molecule has 1 aliphatic heterocycles. The molecule has 1 N–H and O–H groups in total. The van der Waals surface area contributed by atoms with Crippen molar-refractivity contribution in [2.45, 2.75) is 12.8 Å². The zero-order valence-corrected chi connectivity index (χ0v) is 17.0. The average molecular weight is 417 g/mol. The lowest BCUT2D eigenvalue weighted by atomic mass is 10.2. The SMILES string of the molecule is COc1ccc(/C=C2\SC(=O)N(CCNC(=O)CCc3ccsc3)C2=O)cc1. The summed E-state index contributed by atoms with van der Waals surface area (Å²) < 4.78 is 5.11. The summed E-state index contributed by atoms with van der Waals surface area (Å²) in [7, 11) is 1.58. The number of aryl methyl sites for hydroxylation is 1. The van der Waals surface area contributed by atoms with Crippen molar-refractivity contribution in [2.75, 3.05) is 20.2 Å². The van der Waals surface area contributed by atoms with E-state index in [1.54, 1.807) is 36.7 Å². The maximum absolute atomic E-state index is 12.5. The molecule has 1 aliphatic rings. The highest BCUT2D eigenvalue weighted by molar-refractivity contribution is 8.18. The molecule has 6 nitrogen and oxygen atoms in total. The van der Waals surface area contributed by atoms with Gasteiger partial charge in [-0.15, -0.1) is 0 Å². The van der Waals surface area contributed by atoms with Gasteiger partial charge in [0.1, 0.15) is 5.75 Å². The fourth-order valence-corrected chi connectivity index (χ4v) is 4.20. The van der Waals surface area contributed by atoms with Crippen LogP contribution >= 0.6 is 23.1 Å². The molecule has 2 heterocycles. The first-order valence-corrected chi connectivity index (χ1v) is 10.5. The summed E-state index contributed by atoms with van der Waals surface area (Å²) in [5.41, 5.74) is 1.95. The van der Waals surface area contributed by atoms with Crippen molar-refractivity contribution in [1.29, 1.82) is 0 Å². The van der Waals surface area contributed by atoms with Gasteiger partial charge in [0.15, 0.2) is 0 Å². The van der Waals surface area contributed by atoms with E-state index >= 15 is 0 Å². The minimum atomic E-state index is -0.335. The number of nitrogens with zero attached hydrogens (tertiary/aromatic N) is 1. The van der Waals surface area contributed by atoms with E-state index in [1.165, 1.54) is 4.90 Å². The Morgan fingerprint density at radius 1 is 1.21 bits per heavy atom. The van der Waals surface area contributed by atoms with Gasteiger partial charge in [-0.3, -0.25) is 19.3 Å². The van der Waals surface area contributed by atoms with Gasteiger partial charge in [-0.25, -0.2) is 0 Å². The highest BCUT2D eigenvalue weighted by Gasteiger charge is 2.34. The molecule has 0 aliphatic carbocycles. The number of nitrogens with one attached hydrogen (secondary N) is 1. The Kier molecular flexibility index (Phi) is 6.89. The van der Waals surface area contributed by atoms with E-state index in [0.29, 0.717) is 17.7 Å². The standard InChI is InChI=1S/C20H20N2O4S2/c1-26-16-5-2-14(3-6-16)12-17-19(24)22(20(25)28-17)10-9-21-18(23)7-4-15-8-11-27-13-15/h2-3,5-6,8,11-13H,4,7,9-10H2,1H3,(H,21,23)/b17-12-. The topological polar surface area (TPSA) is 75.7 Å². The van der Waals surface area contributed by atoms with Gasteiger partial charge in [-0.2, -0.15) is 11.3 Å². The molecule has 146 valence electrons. The average Bonchev–Trinajstić information content (AvgIpc) is 3.31. The summed E-state index contributed by atoms with van der Waals surface area (Å²) in [5, 5.41) is 6.44. The number of hydrogen-bond acceptors (Lipinski definition) is 6. The second kappa shape index (κ2) is 9.57. The highest BCUT2D eigenvalue weighted by atomic mass is 32.2. The molecule has 28 heavy (non-hydrogen) atoms. The lowest BCUT2D eigenvalue weighted by Gasteiger charge is -2.12. The van der Waals surface area contributed by atoms with Gasteiger partial charge in [-0.1, -0.05) is 12.1 Å². The Labute approximate surface area is 171 Å². The third kappa shape index (κ3) is 5.24. The molecule has 0 bridgehead atoms. The summed E-state index contributed by atoms with van der Waals surface area (Å²) in [6.07, 6.45) is 2.75. The van der Waals surface area contributed by atoms with Crippen LogP contribution in [0.5, 0.6) is 5.75 Å². The number of amides is 3. The Bertz CT molecular complexity index is 876. The van der Waals surface area contributed by atoms with Crippen molar-refractivity contribution >= 4 is 46.2 Å². The predicted molar refractivity (Wildman–Crippen MR) is 111 cm³/mol. The van der Waals surface area contributed by atoms with Crippen LogP contribution in [0.25, 0.3) is 6.08 Å². The van der Waals surface area contributed by atoms with E-state index in [9.17, 15) is 14.4 Å². The Balaban J connectivity index is 1.49. The van der Waals surface area contributed by atoms with Gasteiger partial charge in [0.2, 0.25) is 5.91 Å². The van der Waals surface area contributed by atoms with Gasteiger partial charge in [0, 0.05) is 19.5 Å². The summed E-state index contributed by atoms with van der Waals surface area (Å²) >= 11 is 2.51. The fourth-order valence-electron chi connectivity index (χ4n) is 2.63. The number of carbonyl (C=O) groups excluding carboxylic acids is 3. The highest BCUT2D eigenvalue weighted by Crippen LogP contribution is 2.32. The fraction of sp³-hybridized carbons (Fsp3) is 0.250. The van der Waals surface area contributed by atoms with Crippen molar-refractivity contribution < 1.29 is 19.1 Å². The summed E-state index contributed by atoms with van der Waals surface area (Å²) in [6.45, 7) is 0.408. The van der Waals surface area contributed by atoms with Crippen LogP contribution in [0.1, 0.15) is 17.5 Å². The van der Waals surface area contributed by atoms with E-state index in [0.717, 1.165) is 28.6 Å². The van der Waals surface area contributed by atoms with Crippen LogP contribution in [0.3, 0.4) is 0 Å². The molecule has 2 aromatic rings. The molecule has 0 saturated carbocycles. The first-order valence-electron chi connectivity index (χ1n) is 8.74. The Morgan fingerprint density at radius 2 is 2.00 bits per heavy atom. The number of rotatable bonds is 8. The second-order valence-electron chi connectivity index (χ2n) is 6.09. The molecule has 1 aromatic heterocycles. The number of benzene rings is 1. The Morgan fingerprint density at radius 3 is 2.68 bits per heavy atom. The van der Waals surface area contributed by atoms with Gasteiger partial charge < -0.3 is 10.1 Å². The van der Waals surface area contributed by atoms with E-state index in [1.807, 2.05) is 29.0 Å². The van der Waals surface area contributed by atoms with E-state index in [-0.39, 0.29) is 30.1 Å². The quantitative estimate of drug-likeness (QED) is 0.666. The number of thiophene rings is 1. The summed E-state index contributed by atoms with van der Waals surface area (Å²) in [4.78, 5) is 38.1. The maximum Gasteiger partial charge on any atom is 0.293 e. The third-order valence-electron chi connectivity index (χ3n) is 4.17. The van der Waals surface area contributed by atoms with Crippen molar-refractivity contribution in [3.8, 4) is 5.75 Å². The van der Waals surface area contributed by atoms with E-state index < -0.39 is 0 Å². The molecule has 3 amide bonds. The number of methoxy groups -OCH3 is 1. The predicted octanol–water partition coefficient (Wildman–Crippen LogP) is 3.54. The molecule has 1 saturated heterocycles. The third-order valence-corrected chi connectivity index (χ3v) is 5.81. The molecule has 8 heteroatoms. The van der Waals surface area contributed by atoms with Crippen LogP contribution in [-0.2, 0) is 16.0 Å². The number of ether oxygens (including phenoxy) is 1. The number of hydrogen-bond donors (Lipinski definition) is 1. The van der Waals surface area contributed by atoms with Crippen molar-refractivity contribution in [3.63, 3.8) is 0 Å². The molecule has 0 atom stereocenters. The van der Waals surface area contributed by atoms with Gasteiger partial charge in [0.25, 0.3) is 11.1 Å². The first-order chi connectivity index (χ1) is 13.6. The normalized spacial score (nSPS) is 15.3. The van der Waals surface area contributed by atoms with Crippen LogP contribution in [-0.4, -0.2) is 42.2 Å². The molecule has 1 fully saturated rings. The van der Waals surface area contributed by atoms with E-state index in [4.69, 9.17) is 4.74 Å². The lowest BCUT2D eigenvalue weighted by molar-refractivity contribution is -0.124. The minimum absolute atomic E-state index is 0.0908. The molecule has 0 spiro atoms. The monoisotopic (exact) mass is 416 g/mol. The Hall–Kier alpha value is -2.58. The van der Waals surface area contributed by atoms with Gasteiger partial charge >= 0.3 is 0 Å². The van der Waals surface area contributed by atoms with Gasteiger partial charge in [0.05, 0.1) is 12.0 Å². The summed E-state index contributed by atoms with van der Waals surface area (Å²) in [6, 6.07) is 9.22. The lowest BCUT2D eigenvalue weighted by Crippen LogP contribution is -2.37. The van der Waals surface area contributed by atoms with Crippen LogP contribution in [0.2, 0.25) is 0 Å². The van der Waals surface area contributed by atoms with Crippen LogP contribution in [0, 0.1) is 0 Å². The first kappa shape index (κ1) is 20.2. The van der Waals surface area contributed by atoms with Crippen molar-refractivity contribution in [2.24, 2.45) is 0 Å².